The molecule has 2 heterocycles. The van der Waals surface area contributed by atoms with E-state index in [1.165, 1.54) is 0 Å². The number of guanidine groups is 1. The Morgan fingerprint density at radius 3 is 2.54 bits per heavy atom. The molecule has 5 nitrogen and oxygen atoms in total. The van der Waals surface area contributed by atoms with Crippen LogP contribution >= 0.6 is 24.0 Å². The highest BCUT2D eigenvalue weighted by atomic mass is 127. The van der Waals surface area contributed by atoms with E-state index in [2.05, 4.69) is 47.9 Å². The molecule has 1 aliphatic heterocycles. The lowest BCUT2D eigenvalue weighted by molar-refractivity contribution is -0.0667. The van der Waals surface area contributed by atoms with E-state index < -0.39 is 0 Å². The van der Waals surface area contributed by atoms with Gasteiger partial charge in [-0.1, -0.05) is 19.9 Å². The van der Waals surface area contributed by atoms with Gasteiger partial charge in [-0.3, -0.25) is 4.99 Å². The van der Waals surface area contributed by atoms with Gasteiger partial charge in [0.15, 0.2) is 5.96 Å². The van der Waals surface area contributed by atoms with E-state index in [-0.39, 0.29) is 40.7 Å². The Morgan fingerprint density at radius 2 is 2.04 bits per heavy atom. The van der Waals surface area contributed by atoms with Gasteiger partial charge in [-0.05, 0) is 31.5 Å². The topological polar surface area (TPSA) is 45.5 Å². The summed E-state index contributed by atoms with van der Waals surface area (Å²) in [6, 6.07) is 5.25. The molecule has 0 radical (unpaired) electrons. The van der Waals surface area contributed by atoms with Crippen molar-refractivity contribution in [2.24, 2.45) is 10.4 Å². The van der Waals surface area contributed by atoms with E-state index in [1.807, 2.05) is 6.07 Å². The van der Waals surface area contributed by atoms with Gasteiger partial charge in [-0.15, -0.1) is 24.0 Å². The molecule has 1 N–H and O–H groups in total. The van der Waals surface area contributed by atoms with E-state index in [1.54, 1.807) is 42.5 Å². The molecule has 0 aliphatic carbocycles. The maximum atomic E-state index is 14.4. The van der Waals surface area contributed by atoms with Crippen molar-refractivity contribution in [1.29, 1.82) is 0 Å². The Hall–Kier alpha value is -1.64. The van der Waals surface area contributed by atoms with Crippen molar-refractivity contribution in [1.82, 2.24) is 19.8 Å². The molecule has 26 heavy (non-hydrogen) atoms. The molecule has 0 bridgehead atoms. The molecule has 7 heteroatoms. The van der Waals surface area contributed by atoms with Gasteiger partial charge in [0.25, 0.3) is 0 Å². The smallest absolute Gasteiger partial charge is 0.194 e. The number of halogens is 2. The van der Waals surface area contributed by atoms with Crippen LogP contribution in [0.15, 0.2) is 41.9 Å². The average molecular weight is 471 g/mol. The van der Waals surface area contributed by atoms with Gasteiger partial charge in [0.05, 0.1) is 12.0 Å². The fourth-order valence-electron chi connectivity index (χ4n) is 3.15. The second kappa shape index (κ2) is 7.54. The van der Waals surface area contributed by atoms with Gasteiger partial charge < -0.3 is 14.8 Å². The molecule has 0 amide bonds. The van der Waals surface area contributed by atoms with Crippen LogP contribution in [0.2, 0.25) is 0 Å². The Morgan fingerprint density at radius 1 is 1.31 bits per heavy atom. The van der Waals surface area contributed by atoms with Crippen LogP contribution in [0.4, 0.5) is 4.39 Å². The largest absolute Gasteiger partial charge is 0.352 e. The second-order valence-corrected chi connectivity index (χ2v) is 7.69. The molecule has 1 saturated heterocycles. The third kappa shape index (κ3) is 3.58. The van der Waals surface area contributed by atoms with Crippen molar-refractivity contribution in [2.45, 2.75) is 39.8 Å². The molecule has 1 aromatic heterocycles. The summed E-state index contributed by atoms with van der Waals surface area (Å²) < 4.78 is 16.0. The van der Waals surface area contributed by atoms with Gasteiger partial charge >= 0.3 is 0 Å². The van der Waals surface area contributed by atoms with Gasteiger partial charge in [0, 0.05) is 43.5 Å². The molecule has 1 fully saturated rings. The van der Waals surface area contributed by atoms with Gasteiger partial charge in [0.2, 0.25) is 0 Å². The third-order valence-electron chi connectivity index (χ3n) is 5.60. The van der Waals surface area contributed by atoms with Gasteiger partial charge in [0.1, 0.15) is 5.82 Å². The number of aromatic nitrogens is 2. The van der Waals surface area contributed by atoms with Crippen LogP contribution in [0.1, 0.15) is 33.3 Å². The first-order valence-electron chi connectivity index (χ1n) is 8.51. The second-order valence-electron chi connectivity index (χ2n) is 7.69. The Balaban J connectivity index is 0.00000243. The van der Waals surface area contributed by atoms with Crippen LogP contribution in [0, 0.1) is 11.2 Å². The number of benzene rings is 1. The summed E-state index contributed by atoms with van der Waals surface area (Å²) in [6.45, 7) is 10.5. The highest BCUT2D eigenvalue weighted by Gasteiger charge is 2.53. The first-order chi connectivity index (χ1) is 11.8. The molecule has 0 atom stereocenters. The summed E-state index contributed by atoms with van der Waals surface area (Å²) in [5, 5.41) is 3.35. The number of rotatable bonds is 3. The molecule has 1 aromatic carbocycles. The van der Waals surface area contributed by atoms with Crippen LogP contribution in [-0.4, -0.2) is 39.5 Å². The minimum Gasteiger partial charge on any atom is -0.352 e. The maximum absolute atomic E-state index is 14.4. The predicted octanol–water partition coefficient (Wildman–Crippen LogP) is 3.83. The van der Waals surface area contributed by atoms with Crippen LogP contribution in [0.3, 0.4) is 0 Å². The molecular formula is C19H27FIN5. The fourth-order valence-corrected chi connectivity index (χ4v) is 3.15. The first kappa shape index (κ1) is 20.7. The normalized spacial score (nSPS) is 18.1. The molecule has 3 rings (SSSR count). The molecule has 0 saturated carbocycles. The van der Waals surface area contributed by atoms with Crippen molar-refractivity contribution in [3.05, 3.63) is 48.3 Å². The van der Waals surface area contributed by atoms with E-state index in [4.69, 9.17) is 0 Å². The van der Waals surface area contributed by atoms with Crippen molar-refractivity contribution in [3.63, 3.8) is 0 Å². The predicted molar refractivity (Wildman–Crippen MR) is 114 cm³/mol. The zero-order valence-corrected chi connectivity index (χ0v) is 18.3. The molecule has 0 unspecified atom stereocenters. The third-order valence-corrected chi connectivity index (χ3v) is 5.60. The molecule has 0 spiro atoms. The zero-order chi connectivity index (χ0) is 18.2. The van der Waals surface area contributed by atoms with E-state index in [0.717, 1.165) is 18.1 Å². The average Bonchev–Trinajstić information content (AvgIpc) is 3.08. The monoisotopic (exact) mass is 471 g/mol. The summed E-state index contributed by atoms with van der Waals surface area (Å²) >= 11 is 0. The summed E-state index contributed by atoms with van der Waals surface area (Å²) in [7, 11) is 1.78. The number of hydrogen-bond acceptors (Lipinski definition) is 2. The summed E-state index contributed by atoms with van der Waals surface area (Å²) in [6.07, 6.45) is 4.95. The fraction of sp³-hybridized carbons (Fsp3) is 0.474. The lowest BCUT2D eigenvalue weighted by Gasteiger charge is -2.62. The van der Waals surface area contributed by atoms with E-state index >= 15 is 0 Å². The maximum Gasteiger partial charge on any atom is 0.194 e. The number of aliphatic imine (C=N–C) groups is 1. The highest BCUT2D eigenvalue weighted by Crippen LogP contribution is 2.46. The number of imidazole rings is 1. The standard InChI is InChI=1S/C19H26FN5.HI/c1-18(2)12-25(19(18,3)4)17(21-5)23-11-14-6-7-16(15(20)10-14)24-9-8-22-13-24;/h6-10,13H,11-12H2,1-5H3,(H,21,23);1H. The Bertz CT molecular complexity index is 783. The van der Waals surface area contributed by atoms with E-state index in [9.17, 15) is 4.39 Å². The number of hydrogen-bond donors (Lipinski definition) is 1. The van der Waals surface area contributed by atoms with E-state index in [0.29, 0.717) is 12.2 Å². The molecule has 142 valence electrons. The lowest BCUT2D eigenvalue weighted by atomic mass is 9.65. The number of likely N-dealkylation sites (tertiary alicyclic amines) is 1. The van der Waals surface area contributed by atoms with Crippen LogP contribution < -0.4 is 5.32 Å². The van der Waals surface area contributed by atoms with Crippen LogP contribution in [0.25, 0.3) is 5.69 Å². The SMILES string of the molecule is CN=C(NCc1ccc(-n2ccnc2)c(F)c1)N1CC(C)(C)C1(C)C.I. The lowest BCUT2D eigenvalue weighted by Crippen LogP contribution is -2.72. The van der Waals surface area contributed by atoms with Crippen molar-refractivity contribution < 1.29 is 4.39 Å². The number of nitrogens with one attached hydrogen (secondary N) is 1. The van der Waals surface area contributed by atoms with Crippen LogP contribution in [-0.2, 0) is 6.54 Å². The van der Waals surface area contributed by atoms with Gasteiger partial charge in [-0.25, -0.2) is 9.37 Å². The summed E-state index contributed by atoms with van der Waals surface area (Å²) in [5.41, 5.74) is 1.64. The summed E-state index contributed by atoms with van der Waals surface area (Å²) in [5.74, 6) is 0.584. The summed E-state index contributed by atoms with van der Waals surface area (Å²) in [4.78, 5) is 10.6. The number of nitrogens with zero attached hydrogens (tertiary/aromatic N) is 4. The molecule has 1 aliphatic rings. The van der Waals surface area contributed by atoms with Crippen molar-refractivity contribution >= 4 is 29.9 Å². The van der Waals surface area contributed by atoms with Crippen molar-refractivity contribution in [3.8, 4) is 5.69 Å². The molecule has 2 aromatic rings. The minimum absolute atomic E-state index is 0. The van der Waals surface area contributed by atoms with Crippen molar-refractivity contribution in [2.75, 3.05) is 13.6 Å². The Kier molecular flexibility index (Phi) is 5.99. The van der Waals surface area contributed by atoms with Crippen LogP contribution in [0.5, 0.6) is 0 Å². The highest BCUT2D eigenvalue weighted by molar-refractivity contribution is 14.0. The quantitative estimate of drug-likeness (QED) is 0.421. The molecular weight excluding hydrogens is 444 g/mol. The zero-order valence-electron chi connectivity index (χ0n) is 16.0. The Labute approximate surface area is 171 Å². The van der Waals surface area contributed by atoms with Gasteiger partial charge in [-0.2, -0.15) is 0 Å². The first-order valence-corrected chi connectivity index (χ1v) is 8.51. The minimum atomic E-state index is -0.266.